The highest BCUT2D eigenvalue weighted by atomic mass is 16.2. The maximum atomic E-state index is 12.7. The van der Waals surface area contributed by atoms with Crippen molar-refractivity contribution in [3.8, 4) is 0 Å². The van der Waals surface area contributed by atoms with Gasteiger partial charge in [0.1, 0.15) is 6.54 Å². The minimum absolute atomic E-state index is 0.0309. The van der Waals surface area contributed by atoms with E-state index in [2.05, 4.69) is 20.2 Å². The van der Waals surface area contributed by atoms with E-state index >= 15 is 0 Å². The SMILES string of the molecule is O=C(NCc1ccccn1)C1CCCN(C2CCN(C(=O)Cn3ccnc3)CC2)C1. The van der Waals surface area contributed by atoms with Crippen molar-refractivity contribution in [1.82, 2.24) is 29.7 Å². The number of hydrogen-bond donors (Lipinski definition) is 1. The molecule has 2 aromatic rings. The summed E-state index contributed by atoms with van der Waals surface area (Å²) in [5.74, 6) is 0.304. The third-order valence-corrected chi connectivity index (χ3v) is 6.20. The Balaban J connectivity index is 1.23. The highest BCUT2D eigenvalue weighted by molar-refractivity contribution is 5.79. The van der Waals surface area contributed by atoms with Gasteiger partial charge >= 0.3 is 0 Å². The summed E-state index contributed by atoms with van der Waals surface area (Å²) >= 11 is 0. The van der Waals surface area contributed by atoms with E-state index in [4.69, 9.17) is 0 Å². The lowest BCUT2D eigenvalue weighted by Gasteiger charge is -2.42. The number of carbonyl (C=O) groups is 2. The first kappa shape index (κ1) is 20.5. The lowest BCUT2D eigenvalue weighted by atomic mass is 9.93. The van der Waals surface area contributed by atoms with Gasteiger partial charge in [-0.3, -0.25) is 19.5 Å². The van der Waals surface area contributed by atoms with Crippen molar-refractivity contribution in [3.63, 3.8) is 0 Å². The van der Waals surface area contributed by atoms with Gasteiger partial charge in [-0.2, -0.15) is 0 Å². The normalized spacial score (nSPS) is 20.8. The van der Waals surface area contributed by atoms with Gasteiger partial charge in [-0.1, -0.05) is 6.07 Å². The van der Waals surface area contributed by atoms with Crippen LogP contribution >= 0.6 is 0 Å². The molecule has 8 nitrogen and oxygen atoms in total. The van der Waals surface area contributed by atoms with E-state index in [0.29, 0.717) is 19.1 Å². The fourth-order valence-electron chi connectivity index (χ4n) is 4.49. The summed E-state index contributed by atoms with van der Waals surface area (Å²) in [4.78, 5) is 37.8. The van der Waals surface area contributed by atoms with Crippen molar-refractivity contribution >= 4 is 11.8 Å². The van der Waals surface area contributed by atoms with E-state index in [0.717, 1.165) is 57.6 Å². The van der Waals surface area contributed by atoms with Crippen LogP contribution in [0.5, 0.6) is 0 Å². The molecule has 2 aromatic heterocycles. The van der Waals surface area contributed by atoms with E-state index in [1.54, 1.807) is 18.7 Å². The van der Waals surface area contributed by atoms with Crippen molar-refractivity contribution in [1.29, 1.82) is 0 Å². The molecule has 4 rings (SSSR count). The van der Waals surface area contributed by atoms with Crippen molar-refractivity contribution in [3.05, 3.63) is 48.8 Å². The molecule has 8 heteroatoms. The molecule has 2 saturated heterocycles. The molecule has 0 aromatic carbocycles. The topological polar surface area (TPSA) is 83.4 Å². The molecular weight excluding hydrogens is 380 g/mol. The number of rotatable bonds is 6. The van der Waals surface area contributed by atoms with Gasteiger partial charge < -0.3 is 14.8 Å². The van der Waals surface area contributed by atoms with Crippen LogP contribution in [0.1, 0.15) is 31.4 Å². The number of piperidine rings is 2. The van der Waals surface area contributed by atoms with Crippen molar-refractivity contribution in [2.75, 3.05) is 26.2 Å². The van der Waals surface area contributed by atoms with Gasteiger partial charge in [-0.05, 0) is 44.4 Å². The summed E-state index contributed by atoms with van der Waals surface area (Å²) in [6.45, 7) is 4.25. The van der Waals surface area contributed by atoms with Gasteiger partial charge in [0, 0.05) is 44.3 Å². The fraction of sp³-hybridized carbons (Fsp3) is 0.545. The fourth-order valence-corrected chi connectivity index (χ4v) is 4.49. The molecule has 2 fully saturated rings. The Hall–Kier alpha value is -2.74. The van der Waals surface area contributed by atoms with E-state index in [1.807, 2.05) is 33.9 Å². The number of nitrogens with zero attached hydrogens (tertiary/aromatic N) is 5. The molecule has 2 aliphatic rings. The van der Waals surface area contributed by atoms with Gasteiger partial charge in [0.25, 0.3) is 0 Å². The molecule has 1 unspecified atom stereocenters. The average molecular weight is 411 g/mol. The van der Waals surface area contributed by atoms with Crippen LogP contribution in [0.2, 0.25) is 0 Å². The molecule has 0 radical (unpaired) electrons. The molecule has 1 atom stereocenters. The van der Waals surface area contributed by atoms with Crippen molar-refractivity contribution < 1.29 is 9.59 Å². The Kier molecular flexibility index (Phi) is 6.74. The van der Waals surface area contributed by atoms with E-state index in [9.17, 15) is 9.59 Å². The summed E-state index contributed by atoms with van der Waals surface area (Å²) in [6, 6.07) is 6.19. The number of imidazole rings is 1. The second-order valence-corrected chi connectivity index (χ2v) is 8.22. The monoisotopic (exact) mass is 410 g/mol. The molecule has 2 amide bonds. The van der Waals surface area contributed by atoms with Crippen molar-refractivity contribution in [2.24, 2.45) is 5.92 Å². The van der Waals surface area contributed by atoms with Crippen LogP contribution in [0, 0.1) is 5.92 Å². The van der Waals surface area contributed by atoms with Gasteiger partial charge in [-0.15, -0.1) is 0 Å². The lowest BCUT2D eigenvalue weighted by Crippen LogP contribution is -2.51. The Morgan fingerprint density at radius 3 is 2.70 bits per heavy atom. The zero-order valence-corrected chi connectivity index (χ0v) is 17.3. The molecule has 2 aliphatic heterocycles. The van der Waals surface area contributed by atoms with E-state index < -0.39 is 0 Å². The lowest BCUT2D eigenvalue weighted by molar-refractivity contribution is -0.133. The molecule has 0 saturated carbocycles. The summed E-state index contributed by atoms with van der Waals surface area (Å²) in [5.41, 5.74) is 0.881. The first-order chi connectivity index (χ1) is 14.7. The van der Waals surface area contributed by atoms with Crippen LogP contribution in [0.4, 0.5) is 0 Å². The summed E-state index contributed by atoms with van der Waals surface area (Å²) in [6.07, 6.45) is 10.9. The predicted octanol–water partition coefficient (Wildman–Crippen LogP) is 1.30. The van der Waals surface area contributed by atoms with Crippen LogP contribution < -0.4 is 5.32 Å². The van der Waals surface area contributed by atoms with Gasteiger partial charge in [0.05, 0.1) is 24.5 Å². The number of nitrogens with one attached hydrogen (secondary N) is 1. The average Bonchev–Trinajstić information content (AvgIpc) is 3.31. The minimum atomic E-state index is 0.0309. The number of carbonyl (C=O) groups excluding carboxylic acids is 2. The van der Waals surface area contributed by atoms with E-state index in [1.165, 1.54) is 0 Å². The molecule has 160 valence electrons. The summed E-state index contributed by atoms with van der Waals surface area (Å²) in [5, 5.41) is 3.05. The van der Waals surface area contributed by atoms with Crippen LogP contribution in [-0.4, -0.2) is 68.4 Å². The van der Waals surface area contributed by atoms with E-state index in [-0.39, 0.29) is 17.7 Å². The Bertz CT molecular complexity index is 817. The standard InChI is InChI=1S/C22H30N6O2/c29-21(16-26-13-9-23-17-26)27-11-6-20(7-12-27)28-10-3-4-18(15-28)22(30)25-14-19-5-1-2-8-24-19/h1-2,5,8-9,13,17-18,20H,3-4,6-7,10-12,14-16H2,(H,25,30). The van der Waals surface area contributed by atoms with Gasteiger partial charge in [0.2, 0.25) is 11.8 Å². The third-order valence-electron chi connectivity index (χ3n) is 6.20. The molecule has 0 bridgehead atoms. The van der Waals surface area contributed by atoms with Crippen LogP contribution in [0.25, 0.3) is 0 Å². The largest absolute Gasteiger partial charge is 0.350 e. The minimum Gasteiger partial charge on any atom is -0.350 e. The predicted molar refractivity (Wildman–Crippen MR) is 112 cm³/mol. The maximum absolute atomic E-state index is 12.7. The zero-order valence-electron chi connectivity index (χ0n) is 17.3. The number of aromatic nitrogens is 3. The molecule has 0 aliphatic carbocycles. The molecule has 30 heavy (non-hydrogen) atoms. The molecule has 1 N–H and O–H groups in total. The number of pyridine rings is 1. The summed E-state index contributed by atoms with van der Waals surface area (Å²) < 4.78 is 1.81. The first-order valence-electron chi connectivity index (χ1n) is 10.8. The van der Waals surface area contributed by atoms with Crippen molar-refractivity contribution in [2.45, 2.75) is 44.8 Å². The molecule has 0 spiro atoms. The van der Waals surface area contributed by atoms with Crippen LogP contribution in [0.3, 0.4) is 0 Å². The van der Waals surface area contributed by atoms with Gasteiger partial charge in [0.15, 0.2) is 0 Å². The highest BCUT2D eigenvalue weighted by Gasteiger charge is 2.32. The second kappa shape index (κ2) is 9.84. The maximum Gasteiger partial charge on any atom is 0.242 e. The van der Waals surface area contributed by atoms with Gasteiger partial charge in [-0.25, -0.2) is 4.98 Å². The smallest absolute Gasteiger partial charge is 0.242 e. The Morgan fingerprint density at radius 1 is 1.10 bits per heavy atom. The van der Waals surface area contributed by atoms with Crippen LogP contribution in [0.15, 0.2) is 43.1 Å². The highest BCUT2D eigenvalue weighted by Crippen LogP contribution is 2.24. The first-order valence-corrected chi connectivity index (χ1v) is 10.8. The molecule has 4 heterocycles. The third kappa shape index (κ3) is 5.24. The zero-order chi connectivity index (χ0) is 20.8. The number of hydrogen-bond acceptors (Lipinski definition) is 5. The number of amides is 2. The number of likely N-dealkylation sites (tertiary alicyclic amines) is 2. The Labute approximate surface area is 177 Å². The second-order valence-electron chi connectivity index (χ2n) is 8.22. The quantitative estimate of drug-likeness (QED) is 0.776. The molecular formula is C22H30N6O2. The summed E-state index contributed by atoms with van der Waals surface area (Å²) in [7, 11) is 0. The Morgan fingerprint density at radius 2 is 1.97 bits per heavy atom. The van der Waals surface area contributed by atoms with Crippen LogP contribution in [-0.2, 0) is 22.7 Å².